The summed E-state index contributed by atoms with van der Waals surface area (Å²) in [6.45, 7) is 1.23. The lowest BCUT2D eigenvalue weighted by molar-refractivity contribution is 0.192. The van der Waals surface area contributed by atoms with Crippen LogP contribution >= 0.6 is 0 Å². The van der Waals surface area contributed by atoms with Gasteiger partial charge in [-0.2, -0.15) is 5.10 Å². The van der Waals surface area contributed by atoms with E-state index in [1.807, 2.05) is 4.57 Å². The minimum absolute atomic E-state index is 0.0197. The number of carbonyl (C=O) groups excluding carboxylic acids is 1. The number of rotatable bonds is 5. The summed E-state index contributed by atoms with van der Waals surface area (Å²) >= 11 is 0. The van der Waals surface area contributed by atoms with Gasteiger partial charge in [0.1, 0.15) is 17.3 Å². The minimum Gasteiger partial charge on any atom is -0.497 e. The number of amides is 2. The number of ether oxygens (including phenoxy) is 2. The van der Waals surface area contributed by atoms with Crippen molar-refractivity contribution in [2.75, 3.05) is 32.6 Å². The van der Waals surface area contributed by atoms with Crippen LogP contribution in [0.1, 0.15) is 56.3 Å². The number of urea groups is 1. The summed E-state index contributed by atoms with van der Waals surface area (Å²) in [5, 5.41) is 7.51. The van der Waals surface area contributed by atoms with Crippen molar-refractivity contribution in [3.05, 3.63) is 34.5 Å². The number of methoxy groups -OCH3 is 2. The van der Waals surface area contributed by atoms with E-state index in [-0.39, 0.29) is 23.7 Å². The average molecular weight is 430 g/mol. The first kappa shape index (κ1) is 21.3. The molecule has 0 atom stereocenters. The molecule has 1 aliphatic carbocycles. The molecule has 2 aromatic rings. The molecule has 168 valence electrons. The maximum absolute atomic E-state index is 12.8. The van der Waals surface area contributed by atoms with Gasteiger partial charge in [-0.1, -0.05) is 12.8 Å². The van der Waals surface area contributed by atoms with Crippen LogP contribution in [0.15, 0.2) is 23.0 Å². The lowest BCUT2D eigenvalue weighted by Crippen LogP contribution is -2.41. The van der Waals surface area contributed by atoms with Crippen molar-refractivity contribution in [3.63, 3.8) is 0 Å². The quantitative estimate of drug-likeness (QED) is 0.789. The van der Waals surface area contributed by atoms with Crippen LogP contribution in [0.3, 0.4) is 0 Å². The highest BCUT2D eigenvalue weighted by Crippen LogP contribution is 2.34. The van der Waals surface area contributed by atoms with Gasteiger partial charge in [0.2, 0.25) is 0 Å². The molecule has 9 nitrogen and oxygen atoms in total. The molecule has 1 aromatic carbocycles. The predicted molar refractivity (Wildman–Crippen MR) is 117 cm³/mol. The van der Waals surface area contributed by atoms with Crippen LogP contribution in [0.4, 0.5) is 10.5 Å². The summed E-state index contributed by atoms with van der Waals surface area (Å²) in [4.78, 5) is 27.3. The van der Waals surface area contributed by atoms with Crippen molar-refractivity contribution in [2.45, 2.75) is 50.5 Å². The van der Waals surface area contributed by atoms with Gasteiger partial charge in [0, 0.05) is 38.2 Å². The predicted octanol–water partition coefficient (Wildman–Crippen LogP) is 3.13. The number of nitrogens with zero attached hydrogens (tertiary/aromatic N) is 4. The molecule has 0 radical (unpaired) electrons. The van der Waals surface area contributed by atoms with Crippen LogP contribution in [0.25, 0.3) is 0 Å². The number of nitrogens with one attached hydrogen (secondary N) is 1. The van der Waals surface area contributed by atoms with Gasteiger partial charge in [-0.3, -0.25) is 4.57 Å². The van der Waals surface area contributed by atoms with Crippen molar-refractivity contribution in [2.24, 2.45) is 7.05 Å². The zero-order valence-corrected chi connectivity index (χ0v) is 18.5. The molecule has 9 heteroatoms. The van der Waals surface area contributed by atoms with E-state index in [0.29, 0.717) is 30.3 Å². The molecule has 31 heavy (non-hydrogen) atoms. The standard InChI is InChI=1S/C22H31N5O4/c1-25-22(29)27(16-6-4-5-7-16)20(24-25)15-10-12-26(13-11-15)21(28)23-18-9-8-17(30-2)14-19(18)31-3/h8-9,14-16H,4-7,10-13H2,1-3H3,(H,23,28). The molecule has 0 spiro atoms. The molecule has 2 fully saturated rings. The van der Waals surface area contributed by atoms with E-state index < -0.39 is 0 Å². The number of piperidine rings is 1. The second kappa shape index (κ2) is 9.03. The van der Waals surface area contributed by atoms with Crippen molar-refractivity contribution in [1.82, 2.24) is 19.2 Å². The van der Waals surface area contributed by atoms with Crippen LogP contribution in [0.2, 0.25) is 0 Å². The van der Waals surface area contributed by atoms with Gasteiger partial charge >= 0.3 is 11.7 Å². The summed E-state index contributed by atoms with van der Waals surface area (Å²) in [6, 6.07) is 5.41. The fraction of sp³-hybridized carbons (Fsp3) is 0.591. The fourth-order valence-corrected chi connectivity index (χ4v) is 4.72. The van der Waals surface area contributed by atoms with E-state index in [2.05, 4.69) is 10.4 Å². The van der Waals surface area contributed by atoms with Gasteiger partial charge in [-0.05, 0) is 37.8 Å². The van der Waals surface area contributed by atoms with E-state index >= 15 is 0 Å². The Morgan fingerprint density at radius 1 is 1.10 bits per heavy atom. The Balaban J connectivity index is 1.42. The third-order valence-electron chi connectivity index (χ3n) is 6.47. The molecular weight excluding hydrogens is 398 g/mol. The number of aromatic nitrogens is 3. The zero-order valence-electron chi connectivity index (χ0n) is 18.5. The Morgan fingerprint density at radius 2 is 1.81 bits per heavy atom. The van der Waals surface area contributed by atoms with Crippen LogP contribution in [0, 0.1) is 0 Å². The zero-order chi connectivity index (χ0) is 22.0. The highest BCUT2D eigenvalue weighted by Gasteiger charge is 2.31. The third-order valence-corrected chi connectivity index (χ3v) is 6.47. The molecule has 2 amide bonds. The normalized spacial score (nSPS) is 17.7. The Bertz CT molecular complexity index is 984. The second-order valence-electron chi connectivity index (χ2n) is 8.33. The molecule has 0 unspecified atom stereocenters. The van der Waals surface area contributed by atoms with Crippen LogP contribution in [-0.4, -0.2) is 52.6 Å². The smallest absolute Gasteiger partial charge is 0.345 e. The number of hydrogen-bond acceptors (Lipinski definition) is 5. The summed E-state index contributed by atoms with van der Waals surface area (Å²) in [5.74, 6) is 2.29. The molecule has 1 N–H and O–H groups in total. The summed E-state index contributed by atoms with van der Waals surface area (Å²) in [7, 11) is 4.87. The maximum atomic E-state index is 12.8. The van der Waals surface area contributed by atoms with Crippen LogP contribution < -0.4 is 20.5 Å². The summed E-state index contributed by atoms with van der Waals surface area (Å²) < 4.78 is 14.0. The van der Waals surface area contributed by atoms with Crippen LogP contribution in [0.5, 0.6) is 11.5 Å². The third kappa shape index (κ3) is 4.26. The van der Waals surface area contributed by atoms with E-state index in [0.717, 1.165) is 31.5 Å². The largest absolute Gasteiger partial charge is 0.497 e. The Hall–Kier alpha value is -2.97. The first-order valence-corrected chi connectivity index (χ1v) is 10.9. The molecule has 4 rings (SSSR count). The number of hydrogen-bond donors (Lipinski definition) is 1. The first-order chi connectivity index (χ1) is 15.0. The second-order valence-corrected chi connectivity index (χ2v) is 8.33. The van der Waals surface area contributed by atoms with E-state index in [4.69, 9.17) is 9.47 Å². The number of anilines is 1. The van der Waals surface area contributed by atoms with E-state index in [1.165, 1.54) is 17.5 Å². The minimum atomic E-state index is -0.156. The van der Waals surface area contributed by atoms with Gasteiger partial charge in [0.25, 0.3) is 0 Å². The lowest BCUT2D eigenvalue weighted by Gasteiger charge is -2.32. The number of carbonyl (C=O) groups is 1. The van der Waals surface area contributed by atoms with Gasteiger partial charge in [-0.15, -0.1) is 0 Å². The molecule has 1 aromatic heterocycles. The molecule has 1 saturated heterocycles. The highest BCUT2D eigenvalue weighted by molar-refractivity contribution is 5.91. The summed E-state index contributed by atoms with van der Waals surface area (Å²) in [5.41, 5.74) is 0.587. The highest BCUT2D eigenvalue weighted by atomic mass is 16.5. The molecule has 2 heterocycles. The Labute approximate surface area is 181 Å². The van der Waals surface area contributed by atoms with Crippen molar-refractivity contribution >= 4 is 11.7 Å². The monoisotopic (exact) mass is 429 g/mol. The van der Waals surface area contributed by atoms with Gasteiger partial charge < -0.3 is 19.7 Å². The van der Waals surface area contributed by atoms with Crippen molar-refractivity contribution in [1.29, 1.82) is 0 Å². The van der Waals surface area contributed by atoms with Gasteiger partial charge in [-0.25, -0.2) is 14.3 Å². The fourth-order valence-electron chi connectivity index (χ4n) is 4.72. The summed E-state index contributed by atoms with van der Waals surface area (Å²) in [6.07, 6.45) is 6.00. The Kier molecular flexibility index (Phi) is 6.20. The molecule has 2 aliphatic rings. The lowest BCUT2D eigenvalue weighted by atomic mass is 9.95. The number of likely N-dealkylation sites (tertiary alicyclic amines) is 1. The van der Waals surface area contributed by atoms with Gasteiger partial charge in [0.05, 0.1) is 19.9 Å². The molecule has 0 bridgehead atoms. The van der Waals surface area contributed by atoms with E-state index in [1.54, 1.807) is 44.4 Å². The maximum Gasteiger partial charge on any atom is 0.345 e. The Morgan fingerprint density at radius 3 is 2.45 bits per heavy atom. The molecular formula is C22H31N5O4. The SMILES string of the molecule is COc1ccc(NC(=O)N2CCC(c3nn(C)c(=O)n3C3CCCC3)CC2)c(OC)c1. The number of benzene rings is 1. The van der Waals surface area contributed by atoms with Crippen LogP contribution in [-0.2, 0) is 7.05 Å². The van der Waals surface area contributed by atoms with Crippen molar-refractivity contribution in [3.8, 4) is 11.5 Å². The van der Waals surface area contributed by atoms with Gasteiger partial charge in [0.15, 0.2) is 0 Å². The first-order valence-electron chi connectivity index (χ1n) is 10.9. The topological polar surface area (TPSA) is 90.6 Å². The van der Waals surface area contributed by atoms with E-state index in [9.17, 15) is 9.59 Å². The molecule has 1 aliphatic heterocycles. The average Bonchev–Trinajstić information content (AvgIpc) is 3.42. The molecule has 1 saturated carbocycles. The number of aryl methyl sites for hydroxylation is 1. The van der Waals surface area contributed by atoms with Crippen molar-refractivity contribution < 1.29 is 14.3 Å².